The second-order valence-corrected chi connectivity index (χ2v) is 21.6. The summed E-state index contributed by atoms with van der Waals surface area (Å²) in [7, 11) is -2.91. The van der Waals surface area contributed by atoms with E-state index >= 15 is 0 Å². The summed E-state index contributed by atoms with van der Waals surface area (Å²) in [6.45, 7) is 7.91. The van der Waals surface area contributed by atoms with Crippen molar-refractivity contribution in [1.29, 1.82) is 0 Å². The van der Waals surface area contributed by atoms with Gasteiger partial charge in [-0.25, -0.2) is 0 Å². The van der Waals surface area contributed by atoms with Crippen LogP contribution in [-0.2, 0) is 25.3 Å². The second kappa shape index (κ2) is 15.9. The van der Waals surface area contributed by atoms with Gasteiger partial charge >= 0.3 is 0 Å². The van der Waals surface area contributed by atoms with Gasteiger partial charge in [-0.15, -0.1) is 11.3 Å². The molecule has 8 heteroatoms. The lowest BCUT2D eigenvalue weighted by molar-refractivity contribution is -0.140. The first-order valence-electron chi connectivity index (χ1n) is 19.6. The minimum atomic E-state index is -2.91. The Morgan fingerprint density at radius 2 is 1.54 bits per heavy atom. The lowest BCUT2D eigenvalue weighted by atomic mass is 9.69. The van der Waals surface area contributed by atoms with Gasteiger partial charge in [0, 0.05) is 10.8 Å². The summed E-state index contributed by atoms with van der Waals surface area (Å²) in [5, 5.41) is 14.4. The first kappa shape index (κ1) is 38.0. The number of amides is 2. The molecule has 3 aliphatic rings. The molecule has 6 nitrogen and oxygen atoms in total. The largest absolute Gasteiger partial charge is 0.508 e. The maximum Gasteiger partial charge on any atom is 0.261 e. The van der Waals surface area contributed by atoms with E-state index in [9.17, 15) is 14.7 Å². The Bertz CT molecular complexity index is 2190. The maximum atomic E-state index is 14.3. The fraction of sp³-hybridized carbons (Fsp3) is 0.292. The van der Waals surface area contributed by atoms with Crippen LogP contribution in [0, 0.1) is 17.8 Å². The molecular weight excluding hydrogens is 731 g/mol. The number of allylic oxidation sites excluding steroid dienone is 1. The SMILES string of the molecule is CC(C)(C)[Si](OCC1=C2[C@@H](CC/C(=C/c3cccc(O)c3)c3ccccc3)OC[C@@H]2[C@@H]2C(=O)N(Cc3cccs3)C(=O)[C@@H]2C1)(c1ccccc1)c1ccccc1. The summed E-state index contributed by atoms with van der Waals surface area (Å²) in [5.74, 6) is -1.03. The quantitative estimate of drug-likeness (QED) is 0.0593. The molecule has 3 heterocycles. The maximum absolute atomic E-state index is 14.3. The van der Waals surface area contributed by atoms with E-state index in [0.717, 1.165) is 39.1 Å². The Morgan fingerprint density at radius 1 is 0.857 bits per heavy atom. The molecule has 0 unspecified atom stereocenters. The number of benzene rings is 4. The average molecular weight is 780 g/mol. The zero-order chi connectivity index (χ0) is 38.9. The number of carbonyl (C=O) groups is 2. The molecule has 8 rings (SSSR count). The number of fused-ring (bicyclic) bond motifs is 3. The molecule has 2 amide bonds. The van der Waals surface area contributed by atoms with Crippen molar-refractivity contribution in [3.8, 4) is 5.75 Å². The van der Waals surface area contributed by atoms with Gasteiger partial charge in [0.25, 0.3) is 8.32 Å². The van der Waals surface area contributed by atoms with Crippen molar-refractivity contribution in [3.05, 3.63) is 160 Å². The molecule has 1 aromatic heterocycles. The van der Waals surface area contributed by atoms with Crippen molar-refractivity contribution < 1.29 is 23.9 Å². The van der Waals surface area contributed by atoms with Gasteiger partial charge in [0.05, 0.1) is 37.7 Å². The summed E-state index contributed by atoms with van der Waals surface area (Å²) < 4.78 is 14.3. The fourth-order valence-corrected chi connectivity index (χ4v) is 14.6. The Hall–Kier alpha value is -4.86. The number of hydrogen-bond acceptors (Lipinski definition) is 6. The Morgan fingerprint density at radius 3 is 2.16 bits per heavy atom. The van der Waals surface area contributed by atoms with E-state index in [1.807, 2.05) is 47.8 Å². The van der Waals surface area contributed by atoms with Gasteiger partial charge in [-0.3, -0.25) is 14.5 Å². The minimum Gasteiger partial charge on any atom is -0.508 e. The number of nitrogens with zero attached hydrogens (tertiary/aromatic N) is 1. The number of imide groups is 1. The predicted molar refractivity (Wildman–Crippen MR) is 227 cm³/mol. The van der Waals surface area contributed by atoms with E-state index in [-0.39, 0.29) is 34.6 Å². The van der Waals surface area contributed by atoms with Gasteiger partial charge in [0.15, 0.2) is 0 Å². The van der Waals surface area contributed by atoms with Crippen LogP contribution in [0.15, 0.2) is 144 Å². The van der Waals surface area contributed by atoms with Gasteiger partial charge in [0.1, 0.15) is 5.75 Å². The topological polar surface area (TPSA) is 76.1 Å². The third-order valence-corrected chi connectivity index (χ3v) is 17.7. The van der Waals surface area contributed by atoms with Crippen LogP contribution in [0.25, 0.3) is 11.6 Å². The number of thiophene rings is 1. The Balaban J connectivity index is 1.18. The van der Waals surface area contributed by atoms with Crippen molar-refractivity contribution in [2.45, 2.75) is 57.7 Å². The second-order valence-electron chi connectivity index (χ2n) is 16.3. The zero-order valence-electron chi connectivity index (χ0n) is 32.3. The molecule has 286 valence electrons. The molecule has 0 saturated carbocycles. The molecule has 4 atom stereocenters. The van der Waals surface area contributed by atoms with Gasteiger partial charge < -0.3 is 14.3 Å². The Labute approximate surface area is 335 Å². The van der Waals surface area contributed by atoms with Crippen LogP contribution in [0.2, 0.25) is 5.04 Å². The van der Waals surface area contributed by atoms with E-state index in [1.165, 1.54) is 15.3 Å². The number of aromatic hydroxyl groups is 1. The first-order chi connectivity index (χ1) is 27.1. The minimum absolute atomic E-state index is 0.0825. The van der Waals surface area contributed by atoms with Gasteiger partial charge in [0.2, 0.25) is 11.8 Å². The molecule has 0 spiro atoms. The predicted octanol–water partition coefficient (Wildman–Crippen LogP) is 8.87. The molecule has 56 heavy (non-hydrogen) atoms. The molecule has 1 N–H and O–H groups in total. The van der Waals surface area contributed by atoms with Crippen LogP contribution in [0.4, 0.5) is 0 Å². The van der Waals surface area contributed by atoms with Crippen molar-refractivity contribution in [3.63, 3.8) is 0 Å². The summed E-state index contributed by atoms with van der Waals surface area (Å²) in [5.41, 5.74) is 5.42. The number of phenolic OH excluding ortho intramolecular Hbond substituents is 1. The van der Waals surface area contributed by atoms with E-state index < -0.39 is 20.2 Å². The van der Waals surface area contributed by atoms with Gasteiger partial charge in [-0.05, 0) is 86.1 Å². The molecule has 4 aromatic carbocycles. The van der Waals surface area contributed by atoms with E-state index in [4.69, 9.17) is 9.16 Å². The Kier molecular flexibility index (Phi) is 10.8. The third-order valence-electron chi connectivity index (χ3n) is 11.9. The van der Waals surface area contributed by atoms with Crippen LogP contribution in [0.5, 0.6) is 5.75 Å². The highest BCUT2D eigenvalue weighted by atomic mass is 32.1. The highest BCUT2D eigenvalue weighted by Crippen LogP contribution is 2.51. The van der Waals surface area contributed by atoms with Crippen molar-refractivity contribution in [2.75, 3.05) is 13.2 Å². The zero-order valence-corrected chi connectivity index (χ0v) is 34.1. The summed E-state index contributed by atoms with van der Waals surface area (Å²) >= 11 is 1.57. The number of carbonyl (C=O) groups excluding carboxylic acids is 2. The first-order valence-corrected chi connectivity index (χ1v) is 22.4. The van der Waals surface area contributed by atoms with Gasteiger partial charge in [-0.1, -0.05) is 136 Å². The lowest BCUT2D eigenvalue weighted by Gasteiger charge is -2.44. The van der Waals surface area contributed by atoms with E-state index in [0.29, 0.717) is 32.6 Å². The monoisotopic (exact) mass is 779 g/mol. The number of ether oxygens (including phenoxy) is 1. The number of hydrogen-bond donors (Lipinski definition) is 1. The van der Waals surface area contributed by atoms with E-state index in [1.54, 1.807) is 23.5 Å². The normalized spacial score (nSPS) is 21.4. The molecule has 2 aliphatic heterocycles. The summed E-state index contributed by atoms with van der Waals surface area (Å²) in [6.07, 6.45) is 3.80. The molecule has 0 bridgehead atoms. The van der Waals surface area contributed by atoms with Crippen molar-refractivity contribution in [1.82, 2.24) is 4.90 Å². The van der Waals surface area contributed by atoms with Crippen LogP contribution >= 0.6 is 11.3 Å². The number of rotatable bonds is 12. The van der Waals surface area contributed by atoms with Crippen molar-refractivity contribution >= 4 is 53.5 Å². The van der Waals surface area contributed by atoms with Crippen LogP contribution in [0.3, 0.4) is 0 Å². The highest BCUT2D eigenvalue weighted by molar-refractivity contribution is 7.09. The smallest absolute Gasteiger partial charge is 0.261 e. The number of phenols is 1. The fourth-order valence-electron chi connectivity index (χ4n) is 9.40. The number of likely N-dealkylation sites (tertiary alicyclic amines) is 1. The van der Waals surface area contributed by atoms with Gasteiger partial charge in [-0.2, -0.15) is 0 Å². The van der Waals surface area contributed by atoms with Crippen LogP contribution < -0.4 is 10.4 Å². The molecule has 1 aliphatic carbocycles. The average Bonchev–Trinajstić information content (AvgIpc) is 3.94. The molecule has 5 aromatic rings. The molecule has 2 fully saturated rings. The summed E-state index contributed by atoms with van der Waals surface area (Å²) in [6, 6.07) is 42.9. The van der Waals surface area contributed by atoms with Crippen LogP contribution in [0.1, 0.15) is 56.0 Å². The molecule has 0 radical (unpaired) electrons. The van der Waals surface area contributed by atoms with E-state index in [2.05, 4.69) is 99.6 Å². The highest BCUT2D eigenvalue weighted by Gasteiger charge is 2.58. The molecule has 2 saturated heterocycles. The molecular formula is C48H49NO5SSi. The third kappa shape index (κ3) is 7.27. The standard InChI is InChI=1S/C48H49NO5SSi/c1-48(2,3)56(39-20-9-5-10-21-39,40-22-11-6-12-23-40)54-31-36-29-41-45(47(52)49(46(41)51)30-38-19-14-26-55-38)42-32-53-43(44(36)42)25-24-35(34-16-7-4-8-17-34)27-33-15-13-18-37(50)28-33/h4-23,26-28,41-43,45,50H,24-25,29-32H2,1-3H3/b35-27-/t41-,42+,43-,45-/m1/s1. The summed E-state index contributed by atoms with van der Waals surface area (Å²) in [4.78, 5) is 31.1. The van der Waals surface area contributed by atoms with Crippen LogP contribution in [-0.4, -0.2) is 49.5 Å². The van der Waals surface area contributed by atoms with Crippen molar-refractivity contribution in [2.24, 2.45) is 17.8 Å². The lowest BCUT2D eigenvalue weighted by Crippen LogP contribution is -2.66.